The Kier molecular flexibility index (Phi) is 10.2. The molecule has 4 aromatic heterocycles. The molecule has 5 heterocycles. The summed E-state index contributed by atoms with van der Waals surface area (Å²) in [5.74, 6) is 0. The zero-order chi connectivity index (χ0) is 27.4. The van der Waals surface area contributed by atoms with Crippen molar-refractivity contribution in [2.45, 2.75) is 130 Å². The summed E-state index contributed by atoms with van der Waals surface area (Å²) in [4.78, 5) is 18.4. The molecule has 1 aliphatic heterocycles. The van der Waals surface area contributed by atoms with Crippen molar-refractivity contribution < 1.29 is 0 Å². The Bertz CT molecular complexity index is 1360. The fourth-order valence-electron chi connectivity index (χ4n) is 6.34. The Balaban J connectivity index is 1.52. The number of rotatable bonds is 16. The summed E-state index contributed by atoms with van der Waals surface area (Å²) in [5.41, 5.74) is 0. The monoisotopic (exact) mass is 614 g/mol. The van der Waals surface area contributed by atoms with E-state index < -0.39 is 8.07 Å². The number of thiophene rings is 2. The van der Waals surface area contributed by atoms with Gasteiger partial charge in [0.15, 0.2) is 8.07 Å². The molecule has 4 aromatic rings. The van der Waals surface area contributed by atoms with Gasteiger partial charge in [-0.3, -0.25) is 4.98 Å². The second-order valence-corrected chi connectivity index (χ2v) is 20.2. The van der Waals surface area contributed by atoms with Gasteiger partial charge < -0.3 is 0 Å². The summed E-state index contributed by atoms with van der Waals surface area (Å²) in [6.45, 7) is 11.5. The first-order valence-electron chi connectivity index (χ1n) is 15.5. The third-order valence-corrected chi connectivity index (χ3v) is 18.6. The predicted octanol–water partition coefficient (Wildman–Crippen LogP) is 11.0. The molecule has 2 nitrogen and oxygen atoms in total. The normalized spacial score (nSPS) is 14.0. The summed E-state index contributed by atoms with van der Waals surface area (Å²) in [6, 6.07) is 5.17. The van der Waals surface area contributed by atoms with Crippen LogP contribution in [-0.2, 0) is 6.42 Å². The summed E-state index contributed by atoms with van der Waals surface area (Å²) in [7, 11) is -1.94. The van der Waals surface area contributed by atoms with Crippen LogP contribution >= 0.6 is 45.3 Å². The molecule has 0 spiro atoms. The third-order valence-electron chi connectivity index (χ3n) is 8.48. The van der Waals surface area contributed by atoms with Gasteiger partial charge in [-0.15, -0.1) is 45.3 Å². The molecule has 1 aliphatic rings. The Labute approximate surface area is 253 Å². The molecule has 5 rings (SSSR count). The van der Waals surface area contributed by atoms with E-state index in [9.17, 15) is 0 Å². The van der Waals surface area contributed by atoms with Gasteiger partial charge in [0.2, 0.25) is 0 Å². The number of aromatic nitrogens is 2. The van der Waals surface area contributed by atoms with Gasteiger partial charge in [0.1, 0.15) is 5.01 Å². The minimum atomic E-state index is -1.94. The van der Waals surface area contributed by atoms with Crippen LogP contribution in [0.2, 0.25) is 12.1 Å². The van der Waals surface area contributed by atoms with Gasteiger partial charge in [-0.25, -0.2) is 4.98 Å². The molecule has 0 radical (unpaired) electrons. The van der Waals surface area contributed by atoms with E-state index in [4.69, 9.17) is 9.97 Å². The standard InChI is InChI=1S/C32H46N2S4Si/c1-6-9-12-15-18-24-21-25-22(4)35-27(26(25)37-24)30-34-32-29(38-30)28-31(33-23(5)36-28)39(32,19-16-13-10-7-2)20-17-14-11-8-3/h21H,6-20H2,1-5H3. The Morgan fingerprint density at radius 2 is 1.26 bits per heavy atom. The SMILES string of the molecule is CCCCCCc1cc2c(C)sc(-c3nc4c(s3)-c3sc(C)nc3[Si]4(CCCCCC)CCCCCC)c2s1. The Hall–Kier alpha value is -0.863. The van der Waals surface area contributed by atoms with Crippen molar-refractivity contribution in [1.29, 1.82) is 0 Å². The Morgan fingerprint density at radius 1 is 0.641 bits per heavy atom. The summed E-state index contributed by atoms with van der Waals surface area (Å²) in [6.07, 6.45) is 17.2. The zero-order valence-electron chi connectivity index (χ0n) is 24.7. The van der Waals surface area contributed by atoms with Crippen LogP contribution in [-0.4, -0.2) is 18.0 Å². The highest BCUT2D eigenvalue weighted by Crippen LogP contribution is 2.48. The molecular formula is C32H46N2S4Si. The van der Waals surface area contributed by atoms with E-state index in [1.165, 1.54) is 146 Å². The van der Waals surface area contributed by atoms with Gasteiger partial charge in [0, 0.05) is 15.1 Å². The van der Waals surface area contributed by atoms with Crippen LogP contribution in [0.1, 0.15) is 113 Å². The van der Waals surface area contributed by atoms with Crippen molar-refractivity contribution in [3.05, 3.63) is 20.8 Å². The molecule has 0 aliphatic carbocycles. The number of fused-ring (bicyclic) bond motifs is 4. The molecule has 0 atom stereocenters. The largest absolute Gasteiger partial charge is 0.250 e. The molecule has 0 N–H and O–H groups in total. The molecule has 0 bridgehead atoms. The van der Waals surface area contributed by atoms with E-state index in [0.29, 0.717) is 0 Å². The van der Waals surface area contributed by atoms with Gasteiger partial charge in [-0.1, -0.05) is 91.4 Å². The smallest absolute Gasteiger partial charge is 0.168 e. The maximum atomic E-state index is 5.65. The van der Waals surface area contributed by atoms with Crippen molar-refractivity contribution >= 4 is 74.1 Å². The number of aryl methyl sites for hydroxylation is 3. The fraction of sp³-hybridized carbons (Fsp3) is 0.625. The summed E-state index contributed by atoms with van der Waals surface area (Å²) >= 11 is 7.96. The van der Waals surface area contributed by atoms with Crippen molar-refractivity contribution in [2.24, 2.45) is 0 Å². The highest BCUT2D eigenvalue weighted by Gasteiger charge is 2.50. The molecule has 0 aromatic carbocycles. The van der Waals surface area contributed by atoms with Crippen LogP contribution < -0.4 is 10.6 Å². The van der Waals surface area contributed by atoms with Gasteiger partial charge in [-0.05, 0) is 44.8 Å². The van der Waals surface area contributed by atoms with Gasteiger partial charge >= 0.3 is 0 Å². The third kappa shape index (κ3) is 6.04. The van der Waals surface area contributed by atoms with Crippen molar-refractivity contribution in [3.63, 3.8) is 0 Å². The molecule has 0 unspecified atom stereocenters. The first kappa shape index (κ1) is 29.6. The first-order valence-corrected chi connectivity index (χ1v) is 21.2. The number of nitrogens with zero attached hydrogens (tertiary/aromatic N) is 2. The maximum Gasteiger partial charge on any atom is 0.168 e. The molecule has 39 heavy (non-hydrogen) atoms. The predicted molar refractivity (Wildman–Crippen MR) is 182 cm³/mol. The van der Waals surface area contributed by atoms with Gasteiger partial charge in [0.25, 0.3) is 0 Å². The number of thiazole rings is 2. The van der Waals surface area contributed by atoms with E-state index in [-0.39, 0.29) is 0 Å². The number of hydrogen-bond acceptors (Lipinski definition) is 6. The first-order chi connectivity index (χ1) is 19.0. The minimum absolute atomic E-state index is 1.23. The lowest BCUT2D eigenvalue weighted by Gasteiger charge is -2.26. The second-order valence-electron chi connectivity index (χ2n) is 11.6. The molecule has 0 amide bonds. The van der Waals surface area contributed by atoms with E-state index >= 15 is 0 Å². The lowest BCUT2D eigenvalue weighted by atomic mass is 10.1. The summed E-state index contributed by atoms with van der Waals surface area (Å²) in [5, 5.41) is 7.05. The highest BCUT2D eigenvalue weighted by atomic mass is 32.1. The number of unbranched alkanes of at least 4 members (excludes halogenated alkanes) is 9. The van der Waals surface area contributed by atoms with Crippen LogP contribution in [0.4, 0.5) is 0 Å². The zero-order valence-corrected chi connectivity index (χ0v) is 29.0. The molecule has 0 fully saturated rings. The minimum Gasteiger partial charge on any atom is -0.250 e. The van der Waals surface area contributed by atoms with Crippen LogP contribution in [0.15, 0.2) is 6.07 Å². The van der Waals surface area contributed by atoms with Crippen molar-refractivity contribution in [3.8, 4) is 19.6 Å². The Morgan fingerprint density at radius 3 is 1.92 bits per heavy atom. The van der Waals surface area contributed by atoms with Crippen LogP contribution in [0, 0.1) is 13.8 Å². The molecule has 7 heteroatoms. The van der Waals surface area contributed by atoms with E-state index in [0.717, 1.165) is 0 Å². The van der Waals surface area contributed by atoms with E-state index in [1.54, 1.807) is 4.88 Å². The molecule has 212 valence electrons. The number of hydrogen-bond donors (Lipinski definition) is 0. The molecular weight excluding hydrogens is 569 g/mol. The average molecular weight is 615 g/mol. The second kappa shape index (κ2) is 13.4. The van der Waals surface area contributed by atoms with Crippen molar-refractivity contribution in [2.75, 3.05) is 0 Å². The quantitative estimate of drug-likeness (QED) is 0.0926. The van der Waals surface area contributed by atoms with E-state index in [1.807, 2.05) is 45.3 Å². The van der Waals surface area contributed by atoms with Crippen LogP contribution in [0.25, 0.3) is 29.7 Å². The van der Waals surface area contributed by atoms with Crippen LogP contribution in [0.3, 0.4) is 0 Å². The lowest BCUT2D eigenvalue weighted by Crippen LogP contribution is -2.56. The maximum absolute atomic E-state index is 5.65. The topological polar surface area (TPSA) is 25.8 Å². The van der Waals surface area contributed by atoms with Crippen LogP contribution in [0.5, 0.6) is 0 Å². The lowest BCUT2D eigenvalue weighted by molar-refractivity contribution is 0.670. The van der Waals surface area contributed by atoms with Gasteiger partial charge in [-0.2, -0.15) is 0 Å². The average Bonchev–Trinajstić information content (AvgIpc) is 3.72. The molecule has 0 saturated heterocycles. The highest BCUT2D eigenvalue weighted by molar-refractivity contribution is 7.33. The van der Waals surface area contributed by atoms with Crippen molar-refractivity contribution in [1.82, 2.24) is 9.97 Å². The summed E-state index contributed by atoms with van der Waals surface area (Å²) < 4.78 is 1.49. The van der Waals surface area contributed by atoms with Gasteiger partial charge in [0.05, 0.1) is 35.0 Å². The van der Waals surface area contributed by atoms with E-state index in [2.05, 4.69) is 40.7 Å². The molecule has 0 saturated carbocycles. The fourth-order valence-corrected chi connectivity index (χ4v) is 17.7.